The van der Waals surface area contributed by atoms with Crippen LogP contribution in [0.2, 0.25) is 0 Å². The SMILES string of the molecule is COc1ccc(S(=O)(=O)CCCC(=O)Nc2cc(C)nn2C(C)C)cc1. The molecule has 0 saturated heterocycles. The number of sulfone groups is 1. The van der Waals surface area contributed by atoms with E-state index in [4.69, 9.17) is 4.74 Å². The van der Waals surface area contributed by atoms with Crippen LogP contribution in [-0.4, -0.2) is 37.0 Å². The fraction of sp³-hybridized carbons (Fsp3) is 0.444. The van der Waals surface area contributed by atoms with Crippen molar-refractivity contribution in [3.63, 3.8) is 0 Å². The molecular weight excluding hydrogens is 354 g/mol. The minimum atomic E-state index is -3.42. The van der Waals surface area contributed by atoms with E-state index >= 15 is 0 Å². The van der Waals surface area contributed by atoms with Crippen molar-refractivity contribution in [3.8, 4) is 5.75 Å². The fourth-order valence-electron chi connectivity index (χ4n) is 2.53. The molecule has 0 unspecified atom stereocenters. The summed E-state index contributed by atoms with van der Waals surface area (Å²) in [6, 6.07) is 8.15. The van der Waals surface area contributed by atoms with E-state index in [1.54, 1.807) is 22.9 Å². The molecule has 142 valence electrons. The monoisotopic (exact) mass is 379 g/mol. The molecule has 0 saturated carbocycles. The number of amides is 1. The number of methoxy groups -OCH3 is 1. The molecule has 1 amide bonds. The Morgan fingerprint density at radius 1 is 1.27 bits per heavy atom. The molecule has 26 heavy (non-hydrogen) atoms. The van der Waals surface area contributed by atoms with Crippen LogP contribution in [0.4, 0.5) is 5.82 Å². The number of hydrogen-bond acceptors (Lipinski definition) is 5. The molecule has 0 aliphatic carbocycles. The Morgan fingerprint density at radius 3 is 2.50 bits per heavy atom. The molecule has 0 spiro atoms. The van der Waals surface area contributed by atoms with Gasteiger partial charge in [0, 0.05) is 18.5 Å². The number of benzene rings is 1. The molecule has 1 heterocycles. The Kier molecular flexibility index (Phi) is 6.42. The molecule has 0 fully saturated rings. The average molecular weight is 379 g/mol. The standard InChI is InChI=1S/C18H25N3O4S/c1-13(2)21-17(12-14(3)20-21)19-18(22)6-5-11-26(23,24)16-9-7-15(25-4)8-10-16/h7-10,12-13H,5-6,11H2,1-4H3,(H,19,22). The molecule has 2 rings (SSSR count). The highest BCUT2D eigenvalue weighted by molar-refractivity contribution is 7.91. The van der Waals surface area contributed by atoms with Gasteiger partial charge in [0.1, 0.15) is 11.6 Å². The van der Waals surface area contributed by atoms with Gasteiger partial charge >= 0.3 is 0 Å². The second-order valence-electron chi connectivity index (χ2n) is 6.36. The van der Waals surface area contributed by atoms with Gasteiger partial charge in [-0.2, -0.15) is 5.10 Å². The summed E-state index contributed by atoms with van der Waals surface area (Å²) in [6.45, 7) is 5.81. The van der Waals surface area contributed by atoms with E-state index in [2.05, 4.69) is 10.4 Å². The van der Waals surface area contributed by atoms with Gasteiger partial charge in [-0.1, -0.05) is 0 Å². The molecule has 0 aliphatic rings. The van der Waals surface area contributed by atoms with E-state index in [0.717, 1.165) is 5.69 Å². The second kappa shape index (κ2) is 8.35. The van der Waals surface area contributed by atoms with Gasteiger partial charge in [-0.15, -0.1) is 0 Å². The van der Waals surface area contributed by atoms with Gasteiger partial charge in [-0.05, 0) is 51.5 Å². The third-order valence-corrected chi connectivity index (χ3v) is 5.67. The molecule has 0 radical (unpaired) electrons. The molecule has 2 aromatic rings. The number of aryl methyl sites for hydroxylation is 1. The zero-order valence-electron chi connectivity index (χ0n) is 15.5. The largest absolute Gasteiger partial charge is 0.497 e. The van der Waals surface area contributed by atoms with Gasteiger partial charge in [-0.25, -0.2) is 13.1 Å². The Morgan fingerprint density at radius 2 is 1.92 bits per heavy atom. The summed E-state index contributed by atoms with van der Waals surface area (Å²) in [7, 11) is -1.90. The summed E-state index contributed by atoms with van der Waals surface area (Å²) in [5, 5.41) is 7.14. The van der Waals surface area contributed by atoms with Crippen LogP contribution in [0.15, 0.2) is 35.2 Å². The third kappa shape index (κ3) is 5.08. The summed E-state index contributed by atoms with van der Waals surface area (Å²) in [6.07, 6.45) is 0.368. The van der Waals surface area contributed by atoms with Crippen LogP contribution in [0.25, 0.3) is 0 Å². The molecule has 8 heteroatoms. The highest BCUT2D eigenvalue weighted by Crippen LogP contribution is 2.19. The van der Waals surface area contributed by atoms with E-state index in [-0.39, 0.29) is 35.4 Å². The van der Waals surface area contributed by atoms with E-state index in [1.165, 1.54) is 19.2 Å². The molecule has 7 nitrogen and oxygen atoms in total. The Balaban J connectivity index is 1.91. The zero-order chi connectivity index (χ0) is 19.3. The smallest absolute Gasteiger partial charge is 0.225 e. The summed E-state index contributed by atoms with van der Waals surface area (Å²) in [4.78, 5) is 12.4. The van der Waals surface area contributed by atoms with Crippen LogP contribution in [-0.2, 0) is 14.6 Å². The number of anilines is 1. The van der Waals surface area contributed by atoms with Gasteiger partial charge < -0.3 is 10.1 Å². The van der Waals surface area contributed by atoms with Crippen molar-refractivity contribution in [2.45, 2.75) is 44.6 Å². The lowest BCUT2D eigenvalue weighted by Gasteiger charge is -2.11. The summed E-state index contributed by atoms with van der Waals surface area (Å²) < 4.78 is 31.4. The lowest BCUT2D eigenvalue weighted by atomic mass is 10.3. The molecule has 1 aromatic carbocycles. The number of nitrogens with zero attached hydrogens (tertiary/aromatic N) is 2. The molecule has 0 atom stereocenters. The third-order valence-electron chi connectivity index (χ3n) is 3.85. The first-order chi connectivity index (χ1) is 12.2. The van der Waals surface area contributed by atoms with Crippen molar-refractivity contribution in [3.05, 3.63) is 36.0 Å². The van der Waals surface area contributed by atoms with E-state index in [9.17, 15) is 13.2 Å². The number of ether oxygens (including phenoxy) is 1. The number of aromatic nitrogens is 2. The maximum absolute atomic E-state index is 12.3. The van der Waals surface area contributed by atoms with Crippen molar-refractivity contribution >= 4 is 21.6 Å². The topological polar surface area (TPSA) is 90.3 Å². The van der Waals surface area contributed by atoms with Gasteiger partial charge in [0.05, 0.1) is 23.5 Å². The van der Waals surface area contributed by atoms with Gasteiger partial charge in [-0.3, -0.25) is 4.79 Å². The van der Waals surface area contributed by atoms with Gasteiger partial charge in [0.15, 0.2) is 9.84 Å². The lowest BCUT2D eigenvalue weighted by Crippen LogP contribution is -2.17. The average Bonchev–Trinajstić information content (AvgIpc) is 2.95. The molecule has 1 N–H and O–H groups in total. The van der Waals surface area contributed by atoms with Crippen LogP contribution < -0.4 is 10.1 Å². The van der Waals surface area contributed by atoms with Crippen molar-refractivity contribution in [1.82, 2.24) is 9.78 Å². The van der Waals surface area contributed by atoms with Crippen LogP contribution in [0.1, 0.15) is 38.4 Å². The van der Waals surface area contributed by atoms with Crippen molar-refractivity contribution < 1.29 is 17.9 Å². The van der Waals surface area contributed by atoms with E-state index in [0.29, 0.717) is 11.6 Å². The number of carbonyl (C=O) groups is 1. The first-order valence-electron chi connectivity index (χ1n) is 8.46. The molecule has 0 bridgehead atoms. The quantitative estimate of drug-likeness (QED) is 0.761. The van der Waals surface area contributed by atoms with Crippen molar-refractivity contribution in [1.29, 1.82) is 0 Å². The normalized spacial score (nSPS) is 11.6. The van der Waals surface area contributed by atoms with Gasteiger partial charge in [0.25, 0.3) is 0 Å². The first kappa shape index (κ1) is 20.0. The second-order valence-corrected chi connectivity index (χ2v) is 8.46. The predicted molar refractivity (Wildman–Crippen MR) is 100 cm³/mol. The number of nitrogens with one attached hydrogen (secondary N) is 1. The van der Waals surface area contributed by atoms with E-state index < -0.39 is 9.84 Å². The minimum absolute atomic E-state index is 0.0881. The molecular formula is C18H25N3O4S. The Bertz CT molecular complexity index is 855. The number of carbonyl (C=O) groups excluding carboxylic acids is 1. The highest BCUT2D eigenvalue weighted by Gasteiger charge is 2.16. The Hall–Kier alpha value is -2.35. The zero-order valence-corrected chi connectivity index (χ0v) is 16.3. The fourth-order valence-corrected chi connectivity index (χ4v) is 3.84. The van der Waals surface area contributed by atoms with Crippen LogP contribution in [0.5, 0.6) is 5.75 Å². The van der Waals surface area contributed by atoms with Crippen LogP contribution in [0.3, 0.4) is 0 Å². The molecule has 1 aromatic heterocycles. The van der Waals surface area contributed by atoms with E-state index in [1.807, 2.05) is 20.8 Å². The predicted octanol–water partition coefficient (Wildman–Crippen LogP) is 2.97. The highest BCUT2D eigenvalue weighted by atomic mass is 32.2. The summed E-state index contributed by atoms with van der Waals surface area (Å²) in [5.41, 5.74) is 0.816. The van der Waals surface area contributed by atoms with Gasteiger partial charge in [0.2, 0.25) is 5.91 Å². The van der Waals surface area contributed by atoms with Crippen molar-refractivity contribution in [2.24, 2.45) is 0 Å². The summed E-state index contributed by atoms with van der Waals surface area (Å²) in [5.74, 6) is 0.910. The number of rotatable bonds is 8. The minimum Gasteiger partial charge on any atom is -0.497 e. The number of hydrogen-bond donors (Lipinski definition) is 1. The van der Waals surface area contributed by atoms with Crippen LogP contribution in [0, 0.1) is 6.92 Å². The molecule has 0 aliphatic heterocycles. The van der Waals surface area contributed by atoms with Crippen molar-refractivity contribution in [2.75, 3.05) is 18.2 Å². The summed E-state index contributed by atoms with van der Waals surface area (Å²) >= 11 is 0. The maximum atomic E-state index is 12.3. The Labute approximate surface area is 154 Å². The van der Waals surface area contributed by atoms with Crippen LogP contribution >= 0.6 is 0 Å². The first-order valence-corrected chi connectivity index (χ1v) is 10.1. The maximum Gasteiger partial charge on any atom is 0.225 e. The lowest BCUT2D eigenvalue weighted by molar-refractivity contribution is -0.116.